The molecule has 0 rings (SSSR count). The zero-order valence-corrected chi connectivity index (χ0v) is 8.88. The molecule has 0 aliphatic rings. The number of hydrogen-bond acceptors (Lipinski definition) is 5. The molecule has 0 fully saturated rings. The minimum absolute atomic E-state index is 0.170. The summed E-state index contributed by atoms with van der Waals surface area (Å²) in [6.07, 6.45) is 0. The monoisotopic (exact) mass is 210 g/mol. The Hall–Kier alpha value is -0.350. The number of aliphatic hydroxyl groups is 2. The summed E-state index contributed by atoms with van der Waals surface area (Å²) in [5.41, 5.74) is 0. The van der Waals surface area contributed by atoms with Gasteiger partial charge in [-0.2, -0.15) is 0 Å². The fourth-order valence-electron chi connectivity index (χ4n) is 0.693. The van der Waals surface area contributed by atoms with Crippen LogP contribution in [-0.2, 0) is 9.05 Å². The fraction of sp³-hybridized carbons (Fsp3) is 0.714. The summed E-state index contributed by atoms with van der Waals surface area (Å²) >= 11 is 0. The van der Waals surface area contributed by atoms with Gasteiger partial charge >= 0.3 is 5.95 Å². The van der Waals surface area contributed by atoms with E-state index in [9.17, 15) is 4.89 Å². The van der Waals surface area contributed by atoms with Gasteiger partial charge in [0.1, 0.15) is 0 Å². The van der Waals surface area contributed by atoms with Crippen LogP contribution in [0.25, 0.3) is 0 Å². The van der Waals surface area contributed by atoms with Crippen molar-refractivity contribution in [2.45, 2.75) is 20.8 Å². The van der Waals surface area contributed by atoms with Gasteiger partial charge in [-0.1, -0.05) is 0 Å². The molecule has 13 heavy (non-hydrogen) atoms. The second kappa shape index (κ2) is 5.40. The van der Waals surface area contributed by atoms with Crippen molar-refractivity contribution in [3.63, 3.8) is 0 Å². The molecule has 0 radical (unpaired) electrons. The van der Waals surface area contributed by atoms with Gasteiger partial charge in [0, 0.05) is 6.92 Å². The van der Waals surface area contributed by atoms with Crippen LogP contribution in [0.2, 0.25) is 0 Å². The molecule has 5 nitrogen and oxygen atoms in total. The maximum absolute atomic E-state index is 11.7. The highest BCUT2D eigenvalue weighted by Gasteiger charge is 2.35. The number of allylic oxidation sites excluding steroid dienone is 1. The predicted molar refractivity (Wildman–Crippen MR) is 48.1 cm³/mol. The minimum Gasteiger partial charge on any atom is -0.627 e. The Morgan fingerprint density at radius 3 is 1.85 bits per heavy atom. The van der Waals surface area contributed by atoms with E-state index in [1.54, 1.807) is 13.8 Å². The Kier molecular flexibility index (Phi) is 5.25. The molecular weight excluding hydrogens is 195 g/mol. The summed E-state index contributed by atoms with van der Waals surface area (Å²) in [5.74, 6) is -1.01. The Morgan fingerprint density at radius 1 is 1.23 bits per heavy atom. The Labute approximate surface area is 78.2 Å². The topological polar surface area (TPSA) is 82.0 Å². The van der Waals surface area contributed by atoms with Crippen LogP contribution in [-0.4, -0.2) is 23.4 Å². The molecule has 0 unspecified atom stereocenters. The summed E-state index contributed by atoms with van der Waals surface area (Å²) in [7, 11) is -3.49. The molecule has 0 aliphatic carbocycles. The molecule has 0 aliphatic heterocycles. The van der Waals surface area contributed by atoms with E-state index in [1.807, 2.05) is 0 Å². The number of rotatable bonds is 5. The van der Waals surface area contributed by atoms with Gasteiger partial charge in [0.2, 0.25) is 5.31 Å². The van der Waals surface area contributed by atoms with Crippen LogP contribution < -0.4 is 4.89 Å². The van der Waals surface area contributed by atoms with Crippen molar-refractivity contribution in [3.05, 3.63) is 11.3 Å². The molecular formula is C7H15O5P. The largest absolute Gasteiger partial charge is 0.627 e. The summed E-state index contributed by atoms with van der Waals surface area (Å²) in [4.78, 5) is 11.7. The lowest BCUT2D eigenvalue weighted by Gasteiger charge is -2.25. The molecule has 0 spiro atoms. The molecule has 2 N–H and O–H groups in total. The molecule has 0 bridgehead atoms. The second-order valence-electron chi connectivity index (χ2n) is 2.24. The molecule has 0 aromatic heterocycles. The maximum atomic E-state index is 11.7. The number of hydrogen-bond donors (Lipinski definition) is 2. The van der Waals surface area contributed by atoms with Gasteiger partial charge in [-0.3, -0.25) is 0 Å². The Bertz CT molecular complexity index is 181. The first-order chi connectivity index (χ1) is 5.98. The van der Waals surface area contributed by atoms with E-state index in [0.29, 0.717) is 0 Å². The van der Waals surface area contributed by atoms with E-state index in [2.05, 4.69) is 0 Å². The number of aliphatic hydroxyl groups excluding tert-OH is 1. The zero-order valence-electron chi connectivity index (χ0n) is 7.98. The highest BCUT2D eigenvalue weighted by Crippen LogP contribution is 2.60. The average molecular weight is 210 g/mol. The van der Waals surface area contributed by atoms with E-state index in [0.717, 1.165) is 0 Å². The van der Waals surface area contributed by atoms with Crippen molar-refractivity contribution in [2.24, 2.45) is 0 Å². The third kappa shape index (κ3) is 3.48. The standard InChI is InChI=1S/C7H15O5P/c1-4-11-13(10,12-5-2)6(3)7(8)9/h8-9H,4-5H2,1-3H3. The van der Waals surface area contributed by atoms with E-state index in [1.165, 1.54) is 6.92 Å². The first-order valence-corrected chi connectivity index (χ1v) is 5.50. The molecule has 0 atom stereocenters. The van der Waals surface area contributed by atoms with Crippen LogP contribution in [0, 0.1) is 0 Å². The van der Waals surface area contributed by atoms with Crippen molar-refractivity contribution < 1.29 is 24.2 Å². The zero-order chi connectivity index (χ0) is 10.5. The molecule has 0 heterocycles. The van der Waals surface area contributed by atoms with Crippen molar-refractivity contribution in [1.82, 2.24) is 0 Å². The molecule has 0 amide bonds. The Balaban J connectivity index is 4.67. The highest BCUT2D eigenvalue weighted by atomic mass is 31.2. The van der Waals surface area contributed by atoms with Crippen LogP contribution >= 0.6 is 7.94 Å². The van der Waals surface area contributed by atoms with Crippen molar-refractivity contribution >= 4 is 7.94 Å². The quantitative estimate of drug-likeness (QED) is 0.530. The molecule has 0 saturated carbocycles. The van der Waals surface area contributed by atoms with Gasteiger partial charge in [0.25, 0.3) is 7.94 Å². The normalized spacial score (nSPS) is 11.4. The van der Waals surface area contributed by atoms with Gasteiger partial charge in [-0.05, 0) is 13.8 Å². The van der Waals surface area contributed by atoms with Crippen LogP contribution in [0.3, 0.4) is 0 Å². The third-order valence-electron chi connectivity index (χ3n) is 1.33. The summed E-state index contributed by atoms with van der Waals surface area (Å²) < 4.78 is 9.70. The first-order valence-electron chi connectivity index (χ1n) is 3.96. The van der Waals surface area contributed by atoms with Crippen LogP contribution in [0.5, 0.6) is 0 Å². The van der Waals surface area contributed by atoms with Gasteiger partial charge in [-0.25, -0.2) is 9.05 Å². The van der Waals surface area contributed by atoms with E-state index < -0.39 is 13.9 Å². The summed E-state index contributed by atoms with van der Waals surface area (Å²) in [6, 6.07) is 0. The lowest BCUT2D eigenvalue weighted by Crippen LogP contribution is -2.18. The smallest absolute Gasteiger partial charge is 0.319 e. The van der Waals surface area contributed by atoms with E-state index in [4.69, 9.17) is 19.3 Å². The average Bonchev–Trinajstić information content (AvgIpc) is 2.03. The summed E-state index contributed by atoms with van der Waals surface area (Å²) in [5, 5.41) is 17.3. The van der Waals surface area contributed by atoms with Gasteiger partial charge in [0.05, 0.1) is 13.2 Å². The minimum atomic E-state index is -3.49. The molecule has 0 saturated heterocycles. The van der Waals surface area contributed by atoms with Crippen LogP contribution in [0.1, 0.15) is 20.8 Å². The molecule has 0 aromatic rings. The fourth-order valence-corrected chi connectivity index (χ4v) is 2.08. The summed E-state index contributed by atoms with van der Waals surface area (Å²) in [6.45, 7) is 4.95. The van der Waals surface area contributed by atoms with E-state index >= 15 is 0 Å². The first kappa shape index (κ1) is 12.7. The van der Waals surface area contributed by atoms with Crippen LogP contribution in [0.4, 0.5) is 0 Å². The predicted octanol–water partition coefficient (Wildman–Crippen LogP) is 1.49. The maximum Gasteiger partial charge on any atom is 0.319 e. The van der Waals surface area contributed by atoms with Crippen molar-refractivity contribution in [2.75, 3.05) is 13.2 Å². The molecule has 0 aromatic carbocycles. The van der Waals surface area contributed by atoms with Crippen molar-refractivity contribution in [1.29, 1.82) is 0 Å². The van der Waals surface area contributed by atoms with Gasteiger partial charge in [0.15, 0.2) is 0 Å². The van der Waals surface area contributed by atoms with Gasteiger partial charge < -0.3 is 15.1 Å². The molecule has 6 heteroatoms. The highest BCUT2D eigenvalue weighted by molar-refractivity contribution is 7.63. The lowest BCUT2D eigenvalue weighted by molar-refractivity contribution is -0.215. The van der Waals surface area contributed by atoms with Gasteiger partial charge in [-0.15, -0.1) is 0 Å². The third-order valence-corrected chi connectivity index (χ3v) is 3.55. The van der Waals surface area contributed by atoms with Crippen LogP contribution in [0.15, 0.2) is 11.3 Å². The molecule has 78 valence electrons. The SMILES string of the molecule is CCO[P+]([O-])(OCC)C(C)=C(O)O. The van der Waals surface area contributed by atoms with Crippen molar-refractivity contribution in [3.8, 4) is 0 Å². The second-order valence-corrected chi connectivity index (χ2v) is 4.42. The lowest BCUT2D eigenvalue weighted by atomic mass is 10.7. The Morgan fingerprint density at radius 2 is 1.62 bits per heavy atom. The van der Waals surface area contributed by atoms with E-state index in [-0.39, 0.29) is 18.5 Å².